The smallest absolute Gasteiger partial charge is 0.649 e. The van der Waals surface area contributed by atoms with Gasteiger partial charge >= 0.3 is 11.7 Å². The molecule has 1 heterocycles. The maximum atomic E-state index is 10.6. The lowest BCUT2D eigenvalue weighted by Crippen LogP contribution is -3.29. The van der Waals surface area contributed by atoms with Gasteiger partial charge in [-0.2, -0.15) is 4.79 Å². The molecule has 58 valence electrons. The number of urea groups is 1. The van der Waals surface area contributed by atoms with E-state index in [0.29, 0.717) is 9.66 Å². The highest BCUT2D eigenvalue weighted by Crippen LogP contribution is 2.05. The number of nitroso groups, excluding NO2 is 1. The normalized spacial score (nSPS) is 28.9. The third kappa shape index (κ3) is 0.894. The number of nitrogens with zero attached hydrogens (tertiary/aromatic N) is 1. The first-order valence-corrected chi connectivity index (χ1v) is 2.83. The lowest BCUT2D eigenvalue weighted by Gasteiger charge is -2.24. The predicted octanol–water partition coefficient (Wildman–Crippen LogP) is -3.85. The Balaban J connectivity index is 0.000000810. The Hall–Kier alpha value is -0.290. The molecular weight excluding hydrogens is 200 g/mol. The van der Waals surface area contributed by atoms with E-state index in [1.807, 2.05) is 0 Å². The quantitative estimate of drug-likeness (QED) is 0.416. The number of carbonyl (C=O) groups is 1. The fourth-order valence-electron chi connectivity index (χ4n) is 0.767. The fourth-order valence-corrected chi connectivity index (χ4v) is 0.767. The molecule has 1 saturated heterocycles. The molecule has 1 atom stereocenters. The number of quaternary nitrogens is 1. The molecule has 1 aliphatic rings. The lowest BCUT2D eigenvalue weighted by molar-refractivity contribution is -1.06. The highest BCUT2D eigenvalue weighted by atomic mass is 79.9. The average molecular weight is 210 g/mol. The van der Waals surface area contributed by atoms with E-state index < -0.39 is 5.66 Å². The molecule has 0 aliphatic carbocycles. The first-order chi connectivity index (χ1) is 3.98. The molecule has 1 rings (SSSR count). The summed E-state index contributed by atoms with van der Waals surface area (Å²) in [5.41, 5.74) is -0.545. The highest BCUT2D eigenvalue weighted by molar-refractivity contribution is 5.58. The molecule has 1 N–H and O–H groups in total. The van der Waals surface area contributed by atoms with Crippen LogP contribution in [-0.4, -0.2) is 23.5 Å². The van der Waals surface area contributed by atoms with Gasteiger partial charge in [0.05, 0.1) is 20.9 Å². The number of halogens is 1. The Kier molecular flexibility index (Phi) is 2.32. The molecule has 0 aromatic heterocycles. The van der Waals surface area contributed by atoms with E-state index in [2.05, 4.69) is 0 Å². The molecule has 2 amide bonds. The first-order valence-electron chi connectivity index (χ1n) is 2.83. The minimum atomic E-state index is -0.545. The van der Waals surface area contributed by atoms with Gasteiger partial charge in [0, 0.05) is 4.91 Å². The van der Waals surface area contributed by atoms with E-state index in [9.17, 15) is 9.70 Å². The number of hydrogen-bond donors (Lipinski definition) is 1. The molecule has 1 fully saturated rings. The highest BCUT2D eigenvalue weighted by Gasteiger charge is 2.68. The van der Waals surface area contributed by atoms with Crippen LogP contribution in [0.3, 0.4) is 0 Å². The van der Waals surface area contributed by atoms with Gasteiger partial charge in [-0.05, 0) is 0 Å². The van der Waals surface area contributed by atoms with Crippen LogP contribution in [-0.2, 0) is 0 Å². The van der Waals surface area contributed by atoms with Crippen LogP contribution in [0.1, 0.15) is 13.8 Å². The Morgan fingerprint density at radius 2 is 1.90 bits per heavy atom. The SMILES string of the molecule is C[NH+]1C(=O)[N+](=O)C1(C)C.[Br-]. The van der Waals surface area contributed by atoms with Crippen LogP contribution in [0.4, 0.5) is 4.79 Å². The maximum absolute atomic E-state index is 10.6. The summed E-state index contributed by atoms with van der Waals surface area (Å²) in [5, 5.41) is 0. The summed E-state index contributed by atoms with van der Waals surface area (Å²) in [6.07, 6.45) is 0. The summed E-state index contributed by atoms with van der Waals surface area (Å²) in [6.45, 7) is 3.47. The summed E-state index contributed by atoms with van der Waals surface area (Å²) >= 11 is 0. The van der Waals surface area contributed by atoms with Gasteiger partial charge in [0.2, 0.25) is 0 Å². The van der Waals surface area contributed by atoms with Crippen molar-refractivity contribution in [2.24, 2.45) is 0 Å². The van der Waals surface area contributed by atoms with Gasteiger partial charge in [0.15, 0.2) is 4.76 Å². The molecular formula is C5H10BrN2O2+. The van der Waals surface area contributed by atoms with E-state index >= 15 is 0 Å². The van der Waals surface area contributed by atoms with Gasteiger partial charge in [-0.3, -0.25) is 0 Å². The summed E-state index contributed by atoms with van der Waals surface area (Å²) < 4.78 is 0.502. The van der Waals surface area contributed by atoms with Crippen LogP contribution >= 0.6 is 0 Å². The van der Waals surface area contributed by atoms with Crippen molar-refractivity contribution in [1.29, 1.82) is 0 Å². The molecule has 0 bridgehead atoms. The third-order valence-electron chi connectivity index (χ3n) is 1.93. The van der Waals surface area contributed by atoms with Gasteiger partial charge in [0.1, 0.15) is 0 Å². The number of carbonyl (C=O) groups excluding carboxylic acids is 1. The maximum Gasteiger partial charge on any atom is 0.649 e. The van der Waals surface area contributed by atoms with Crippen molar-refractivity contribution in [3.05, 3.63) is 4.91 Å². The average Bonchev–Trinajstić information content (AvgIpc) is 1.84. The van der Waals surface area contributed by atoms with E-state index in [1.54, 1.807) is 20.9 Å². The monoisotopic (exact) mass is 209 g/mol. The number of rotatable bonds is 0. The van der Waals surface area contributed by atoms with Crippen LogP contribution in [0.5, 0.6) is 0 Å². The second kappa shape index (κ2) is 2.39. The summed E-state index contributed by atoms with van der Waals surface area (Å²) in [5.74, 6) is 0. The Morgan fingerprint density at radius 3 is 2.00 bits per heavy atom. The van der Waals surface area contributed by atoms with E-state index in [0.717, 1.165) is 0 Å². The van der Waals surface area contributed by atoms with Crippen LogP contribution < -0.4 is 21.9 Å². The van der Waals surface area contributed by atoms with Crippen LogP contribution in [0.25, 0.3) is 0 Å². The predicted molar refractivity (Wildman–Crippen MR) is 30.0 cm³/mol. The standard InChI is InChI=1S/C5H9N2O2.BrH/c1-5(2)6(3)4(8)7(5)9;/h1-3H3;1H/q+1;. The zero-order valence-electron chi connectivity index (χ0n) is 6.14. The minimum Gasteiger partial charge on any atom is -1.00 e. The van der Waals surface area contributed by atoms with E-state index in [1.165, 1.54) is 0 Å². The number of nitrogens with one attached hydrogen (secondary N) is 1. The van der Waals surface area contributed by atoms with Crippen LogP contribution in [0.15, 0.2) is 0 Å². The largest absolute Gasteiger partial charge is 1.00 e. The lowest BCUT2D eigenvalue weighted by atomic mass is 10.1. The van der Waals surface area contributed by atoms with Gasteiger partial charge in [-0.15, -0.1) is 4.90 Å². The minimum absolute atomic E-state index is 0. The van der Waals surface area contributed by atoms with Crippen molar-refractivity contribution >= 4 is 6.03 Å². The molecule has 4 nitrogen and oxygen atoms in total. The summed E-state index contributed by atoms with van der Waals surface area (Å²) in [7, 11) is 1.69. The molecule has 0 spiro atoms. The van der Waals surface area contributed by atoms with Crippen LogP contribution in [0, 0.1) is 4.91 Å². The molecule has 0 saturated carbocycles. The van der Waals surface area contributed by atoms with Gasteiger partial charge < -0.3 is 17.0 Å². The van der Waals surface area contributed by atoms with Gasteiger partial charge in [-0.25, -0.2) is 0 Å². The second-order valence-corrected chi connectivity index (χ2v) is 2.78. The molecule has 0 aromatic rings. The molecule has 10 heavy (non-hydrogen) atoms. The molecule has 0 radical (unpaired) electrons. The van der Waals surface area contributed by atoms with Crippen molar-refractivity contribution < 1.29 is 31.4 Å². The zero-order valence-corrected chi connectivity index (χ0v) is 7.73. The molecule has 0 aromatic carbocycles. The zero-order chi connectivity index (χ0) is 7.23. The fraction of sp³-hybridized carbons (Fsp3) is 0.800. The van der Waals surface area contributed by atoms with Crippen LogP contribution in [0.2, 0.25) is 0 Å². The van der Waals surface area contributed by atoms with Crippen molar-refractivity contribution in [1.82, 2.24) is 0 Å². The van der Waals surface area contributed by atoms with Gasteiger partial charge in [0.25, 0.3) is 0 Å². The van der Waals surface area contributed by atoms with Crippen molar-refractivity contribution in [2.45, 2.75) is 19.5 Å². The summed E-state index contributed by atoms with van der Waals surface area (Å²) in [6, 6.07) is -0.375. The van der Waals surface area contributed by atoms with Crippen molar-refractivity contribution in [2.75, 3.05) is 7.05 Å². The Labute approximate surface area is 69.5 Å². The third-order valence-corrected chi connectivity index (χ3v) is 1.93. The number of amides is 2. The Bertz CT molecular complexity index is 190. The van der Waals surface area contributed by atoms with Crippen molar-refractivity contribution in [3.8, 4) is 0 Å². The number of hydrogen-bond acceptors (Lipinski definition) is 2. The van der Waals surface area contributed by atoms with E-state index in [-0.39, 0.29) is 23.0 Å². The van der Waals surface area contributed by atoms with Gasteiger partial charge in [-0.1, -0.05) is 0 Å². The Morgan fingerprint density at radius 1 is 1.50 bits per heavy atom. The van der Waals surface area contributed by atoms with E-state index in [4.69, 9.17) is 0 Å². The molecule has 1 aliphatic heterocycles. The topological polar surface area (TPSA) is 41.6 Å². The molecule has 5 heteroatoms. The van der Waals surface area contributed by atoms with Crippen molar-refractivity contribution in [3.63, 3.8) is 0 Å². The second-order valence-electron chi connectivity index (χ2n) is 2.78. The molecule has 1 unspecified atom stereocenters. The first kappa shape index (κ1) is 9.71. The summed E-state index contributed by atoms with van der Waals surface area (Å²) in [4.78, 5) is 21.8.